The lowest BCUT2D eigenvalue weighted by atomic mass is 10.2. The fourth-order valence-corrected chi connectivity index (χ4v) is 2.17. The Balaban J connectivity index is 2.07. The van der Waals surface area contributed by atoms with Crippen LogP contribution in [0.3, 0.4) is 0 Å². The first-order chi connectivity index (χ1) is 12.7. The van der Waals surface area contributed by atoms with Crippen LogP contribution in [0.5, 0.6) is 23.0 Å². The average Bonchev–Trinajstić information content (AvgIpc) is 2.66. The van der Waals surface area contributed by atoms with E-state index in [1.54, 1.807) is 49.6 Å². The monoisotopic (exact) mass is 354 g/mol. The molecule has 0 aliphatic carbocycles. The van der Waals surface area contributed by atoms with E-state index in [-0.39, 0.29) is 0 Å². The molecule has 0 aliphatic heterocycles. The van der Waals surface area contributed by atoms with Crippen molar-refractivity contribution < 1.29 is 23.7 Å². The highest BCUT2D eigenvalue weighted by atomic mass is 16.6. The Hall–Kier alpha value is -3.21. The van der Waals surface area contributed by atoms with E-state index in [2.05, 4.69) is 6.58 Å². The van der Waals surface area contributed by atoms with Gasteiger partial charge in [0.15, 0.2) is 23.0 Å². The number of rotatable bonds is 9. The largest absolute Gasteiger partial charge is 0.493 e. The zero-order valence-electron chi connectivity index (χ0n) is 14.9. The summed E-state index contributed by atoms with van der Waals surface area (Å²) in [6, 6.07) is 12.4. The lowest BCUT2D eigenvalue weighted by Gasteiger charge is -2.10. The van der Waals surface area contributed by atoms with Gasteiger partial charge in [-0.2, -0.15) is 0 Å². The first-order valence-electron chi connectivity index (χ1n) is 8.21. The maximum atomic E-state index is 12.1. The minimum Gasteiger partial charge on any atom is -0.493 e. The van der Waals surface area contributed by atoms with E-state index in [1.807, 2.05) is 19.1 Å². The Morgan fingerprint density at radius 3 is 2.46 bits per heavy atom. The number of para-hydroxylation sites is 2. The molecule has 5 heteroatoms. The van der Waals surface area contributed by atoms with Crippen molar-refractivity contribution >= 4 is 12.0 Å². The summed E-state index contributed by atoms with van der Waals surface area (Å²) in [7, 11) is 1.56. The van der Waals surface area contributed by atoms with Crippen LogP contribution < -0.4 is 18.9 Å². The number of hydrogen-bond donors (Lipinski definition) is 0. The van der Waals surface area contributed by atoms with Crippen LogP contribution in [0.2, 0.25) is 0 Å². The maximum Gasteiger partial charge on any atom is 0.336 e. The lowest BCUT2D eigenvalue weighted by molar-refractivity contribution is -0.129. The van der Waals surface area contributed by atoms with Crippen molar-refractivity contribution in [1.29, 1.82) is 0 Å². The summed E-state index contributed by atoms with van der Waals surface area (Å²) in [5, 5.41) is 0. The van der Waals surface area contributed by atoms with E-state index in [9.17, 15) is 4.79 Å². The molecule has 0 bridgehead atoms. The highest BCUT2D eigenvalue weighted by Gasteiger charge is 2.08. The molecule has 0 unspecified atom stereocenters. The van der Waals surface area contributed by atoms with Gasteiger partial charge in [0.25, 0.3) is 0 Å². The number of ether oxygens (including phenoxy) is 4. The highest BCUT2D eigenvalue weighted by Crippen LogP contribution is 2.29. The van der Waals surface area contributed by atoms with Gasteiger partial charge in [0, 0.05) is 6.08 Å². The number of methoxy groups -OCH3 is 1. The van der Waals surface area contributed by atoms with E-state index in [4.69, 9.17) is 18.9 Å². The third-order valence-electron chi connectivity index (χ3n) is 3.32. The second-order valence-electron chi connectivity index (χ2n) is 5.14. The molecule has 0 radical (unpaired) electrons. The first kappa shape index (κ1) is 19.1. The molecule has 26 heavy (non-hydrogen) atoms. The number of carbonyl (C=O) groups excluding carboxylic acids is 1. The Labute approximate surface area is 153 Å². The summed E-state index contributed by atoms with van der Waals surface area (Å²) in [4.78, 5) is 12.1. The van der Waals surface area contributed by atoms with Gasteiger partial charge in [0.1, 0.15) is 6.61 Å². The van der Waals surface area contributed by atoms with Crippen LogP contribution in [0, 0.1) is 0 Å². The van der Waals surface area contributed by atoms with Crippen molar-refractivity contribution in [2.24, 2.45) is 0 Å². The van der Waals surface area contributed by atoms with Crippen LogP contribution in [0.25, 0.3) is 6.08 Å². The number of benzene rings is 2. The molecule has 0 saturated carbocycles. The van der Waals surface area contributed by atoms with Gasteiger partial charge in [-0.05, 0) is 42.8 Å². The molecule has 0 aliphatic rings. The first-order valence-corrected chi connectivity index (χ1v) is 8.21. The van der Waals surface area contributed by atoms with Gasteiger partial charge in [-0.25, -0.2) is 4.79 Å². The summed E-state index contributed by atoms with van der Waals surface area (Å²) in [6.45, 7) is 6.36. The van der Waals surface area contributed by atoms with Gasteiger partial charge in [-0.15, -0.1) is 0 Å². The van der Waals surface area contributed by atoms with Crippen molar-refractivity contribution in [1.82, 2.24) is 0 Å². The SMILES string of the molecule is C=CCOc1ccc(C=CC(=O)Oc2ccccc2OCC)cc1OC. The van der Waals surface area contributed by atoms with Crippen molar-refractivity contribution in [3.8, 4) is 23.0 Å². The zero-order chi connectivity index (χ0) is 18.8. The molecule has 0 heterocycles. The van der Waals surface area contributed by atoms with Crippen LogP contribution in [0.4, 0.5) is 0 Å². The number of carbonyl (C=O) groups is 1. The Bertz CT molecular complexity index is 780. The summed E-state index contributed by atoms with van der Waals surface area (Å²) in [6.07, 6.45) is 4.65. The Kier molecular flexibility index (Phi) is 7.31. The van der Waals surface area contributed by atoms with Gasteiger partial charge >= 0.3 is 5.97 Å². The summed E-state index contributed by atoms with van der Waals surface area (Å²) >= 11 is 0. The fourth-order valence-electron chi connectivity index (χ4n) is 2.17. The van der Waals surface area contributed by atoms with Crippen molar-refractivity contribution in [3.05, 3.63) is 66.8 Å². The van der Waals surface area contributed by atoms with Gasteiger partial charge in [0.2, 0.25) is 0 Å². The highest BCUT2D eigenvalue weighted by molar-refractivity contribution is 5.89. The van der Waals surface area contributed by atoms with Gasteiger partial charge in [-0.3, -0.25) is 0 Å². The van der Waals surface area contributed by atoms with E-state index in [1.165, 1.54) is 6.08 Å². The Morgan fingerprint density at radius 2 is 1.77 bits per heavy atom. The summed E-state index contributed by atoms with van der Waals surface area (Å²) in [5.41, 5.74) is 0.780. The lowest BCUT2D eigenvalue weighted by Crippen LogP contribution is -2.05. The zero-order valence-corrected chi connectivity index (χ0v) is 14.9. The third-order valence-corrected chi connectivity index (χ3v) is 3.32. The quantitative estimate of drug-likeness (QED) is 0.291. The van der Waals surface area contributed by atoms with Gasteiger partial charge in [-0.1, -0.05) is 30.9 Å². The van der Waals surface area contributed by atoms with E-state index < -0.39 is 5.97 Å². The van der Waals surface area contributed by atoms with E-state index in [0.29, 0.717) is 36.2 Å². The second-order valence-corrected chi connectivity index (χ2v) is 5.14. The van der Waals surface area contributed by atoms with Gasteiger partial charge < -0.3 is 18.9 Å². The van der Waals surface area contributed by atoms with Crippen LogP contribution in [0.1, 0.15) is 12.5 Å². The maximum absolute atomic E-state index is 12.1. The molecular formula is C21H22O5. The van der Waals surface area contributed by atoms with Crippen molar-refractivity contribution in [2.75, 3.05) is 20.3 Å². The molecule has 2 aromatic rings. The second kappa shape index (κ2) is 9.93. The van der Waals surface area contributed by atoms with Crippen molar-refractivity contribution in [3.63, 3.8) is 0 Å². The molecule has 5 nitrogen and oxygen atoms in total. The minimum atomic E-state index is -0.497. The fraction of sp³-hybridized carbons (Fsp3) is 0.190. The molecule has 0 saturated heterocycles. The van der Waals surface area contributed by atoms with Crippen LogP contribution in [0.15, 0.2) is 61.2 Å². The standard InChI is InChI=1S/C21H22O5/c1-4-14-25-18-12-10-16(15-20(18)23-3)11-13-21(22)26-19-9-7-6-8-17(19)24-5-2/h4,6-13,15H,1,5,14H2,2-3H3. The summed E-state index contributed by atoms with van der Waals surface area (Å²) in [5.74, 6) is 1.60. The van der Waals surface area contributed by atoms with Gasteiger partial charge in [0.05, 0.1) is 13.7 Å². The molecule has 0 fully saturated rings. The van der Waals surface area contributed by atoms with E-state index in [0.717, 1.165) is 5.56 Å². The molecule has 0 spiro atoms. The average molecular weight is 354 g/mol. The Morgan fingerprint density at radius 1 is 1.04 bits per heavy atom. The molecule has 136 valence electrons. The number of hydrogen-bond acceptors (Lipinski definition) is 5. The summed E-state index contributed by atoms with van der Waals surface area (Å²) < 4.78 is 21.6. The minimum absolute atomic E-state index is 0.384. The third kappa shape index (κ3) is 5.41. The van der Waals surface area contributed by atoms with Crippen LogP contribution in [-0.2, 0) is 4.79 Å². The normalized spacial score (nSPS) is 10.4. The smallest absolute Gasteiger partial charge is 0.336 e. The van der Waals surface area contributed by atoms with Crippen LogP contribution >= 0.6 is 0 Å². The molecular weight excluding hydrogens is 332 g/mol. The van der Waals surface area contributed by atoms with Crippen LogP contribution in [-0.4, -0.2) is 26.3 Å². The molecule has 2 aromatic carbocycles. The predicted octanol–water partition coefficient (Wildman–Crippen LogP) is 4.28. The molecule has 0 atom stereocenters. The topological polar surface area (TPSA) is 54.0 Å². The number of esters is 1. The van der Waals surface area contributed by atoms with Crippen molar-refractivity contribution in [2.45, 2.75) is 6.92 Å². The molecule has 2 rings (SSSR count). The predicted molar refractivity (Wildman–Crippen MR) is 101 cm³/mol. The molecule has 0 aromatic heterocycles. The van der Waals surface area contributed by atoms with E-state index >= 15 is 0 Å². The molecule has 0 N–H and O–H groups in total. The molecule has 0 amide bonds.